The summed E-state index contributed by atoms with van der Waals surface area (Å²) in [6, 6.07) is 3.04. The Morgan fingerprint density at radius 2 is 2.18 bits per heavy atom. The molecule has 0 aromatic carbocycles. The molecule has 0 saturated heterocycles. The Labute approximate surface area is 99.3 Å². The molecule has 0 aliphatic rings. The normalized spacial score (nSPS) is 9.76. The number of likely N-dealkylation sites (N-methyl/N-ethyl adjacent to an activating group) is 1. The minimum Gasteiger partial charge on any atom is -0.480 e. The number of pyridine rings is 1. The van der Waals surface area contributed by atoms with Crippen molar-refractivity contribution in [1.29, 1.82) is 0 Å². The maximum absolute atomic E-state index is 11.7. The summed E-state index contributed by atoms with van der Waals surface area (Å²) in [7, 11) is 0. The van der Waals surface area contributed by atoms with Gasteiger partial charge >= 0.3 is 12.0 Å². The van der Waals surface area contributed by atoms with E-state index in [-0.39, 0.29) is 6.54 Å². The van der Waals surface area contributed by atoms with E-state index >= 15 is 0 Å². The van der Waals surface area contributed by atoms with Gasteiger partial charge in [0.1, 0.15) is 6.54 Å². The van der Waals surface area contributed by atoms with Crippen molar-refractivity contribution in [2.24, 2.45) is 0 Å². The molecular formula is C11H15N3O3. The Balaban J connectivity index is 2.63. The van der Waals surface area contributed by atoms with Gasteiger partial charge in [-0.1, -0.05) is 0 Å². The van der Waals surface area contributed by atoms with Crippen LogP contribution in [0.5, 0.6) is 0 Å². The fourth-order valence-corrected chi connectivity index (χ4v) is 1.23. The van der Waals surface area contributed by atoms with E-state index in [4.69, 9.17) is 5.11 Å². The number of aliphatic carboxylic acids is 1. The summed E-state index contributed by atoms with van der Waals surface area (Å²) in [4.78, 5) is 27.4. The molecule has 0 spiro atoms. The monoisotopic (exact) mass is 237 g/mol. The first-order valence-corrected chi connectivity index (χ1v) is 5.23. The molecule has 6 heteroatoms. The quantitative estimate of drug-likeness (QED) is 0.827. The van der Waals surface area contributed by atoms with Crippen LogP contribution in [0.25, 0.3) is 0 Å². The SMILES string of the molecule is CCN(CC(=O)O)C(=O)Nc1ccc(C)nc1. The number of carbonyl (C=O) groups is 2. The van der Waals surface area contributed by atoms with Gasteiger partial charge in [0.25, 0.3) is 0 Å². The zero-order valence-corrected chi connectivity index (χ0v) is 9.80. The molecule has 17 heavy (non-hydrogen) atoms. The summed E-state index contributed by atoms with van der Waals surface area (Å²) < 4.78 is 0. The van der Waals surface area contributed by atoms with Gasteiger partial charge in [-0.25, -0.2) is 4.79 Å². The molecule has 2 N–H and O–H groups in total. The van der Waals surface area contributed by atoms with E-state index < -0.39 is 12.0 Å². The predicted molar refractivity (Wildman–Crippen MR) is 62.9 cm³/mol. The Morgan fingerprint density at radius 1 is 1.47 bits per heavy atom. The van der Waals surface area contributed by atoms with Gasteiger partial charge < -0.3 is 15.3 Å². The largest absolute Gasteiger partial charge is 0.480 e. The van der Waals surface area contributed by atoms with E-state index in [2.05, 4.69) is 10.3 Å². The lowest BCUT2D eigenvalue weighted by Crippen LogP contribution is -2.38. The van der Waals surface area contributed by atoms with Crippen molar-refractivity contribution in [2.75, 3.05) is 18.4 Å². The summed E-state index contributed by atoms with van der Waals surface area (Å²) in [5.74, 6) is -1.04. The van der Waals surface area contributed by atoms with Crippen molar-refractivity contribution in [2.45, 2.75) is 13.8 Å². The Morgan fingerprint density at radius 3 is 2.65 bits per heavy atom. The zero-order valence-electron chi connectivity index (χ0n) is 9.80. The highest BCUT2D eigenvalue weighted by Gasteiger charge is 2.14. The molecule has 0 atom stereocenters. The Bertz CT molecular complexity index is 403. The van der Waals surface area contributed by atoms with Crippen molar-refractivity contribution in [3.63, 3.8) is 0 Å². The van der Waals surface area contributed by atoms with Crippen LogP contribution in [0.15, 0.2) is 18.3 Å². The number of urea groups is 1. The maximum atomic E-state index is 11.7. The molecule has 1 rings (SSSR count). The van der Waals surface area contributed by atoms with Gasteiger partial charge in [0.15, 0.2) is 0 Å². The summed E-state index contributed by atoms with van der Waals surface area (Å²) in [6.45, 7) is 3.57. The number of hydrogen-bond acceptors (Lipinski definition) is 3. The Kier molecular flexibility index (Phi) is 4.45. The number of nitrogens with zero attached hydrogens (tertiary/aromatic N) is 2. The van der Waals surface area contributed by atoms with Crippen LogP contribution in [0, 0.1) is 6.92 Å². The van der Waals surface area contributed by atoms with Gasteiger partial charge in [-0.3, -0.25) is 9.78 Å². The molecule has 1 heterocycles. The minimum absolute atomic E-state index is 0.318. The van der Waals surface area contributed by atoms with Crippen LogP contribution in [0.2, 0.25) is 0 Å². The number of amides is 2. The van der Waals surface area contributed by atoms with E-state index in [0.29, 0.717) is 12.2 Å². The number of aryl methyl sites for hydroxylation is 1. The molecule has 1 aromatic rings. The van der Waals surface area contributed by atoms with E-state index in [0.717, 1.165) is 5.69 Å². The summed E-state index contributed by atoms with van der Waals surface area (Å²) in [5, 5.41) is 11.2. The van der Waals surface area contributed by atoms with Crippen molar-refractivity contribution >= 4 is 17.7 Å². The molecule has 0 radical (unpaired) electrons. The van der Waals surface area contributed by atoms with Gasteiger partial charge in [0.2, 0.25) is 0 Å². The van der Waals surface area contributed by atoms with Crippen molar-refractivity contribution in [3.05, 3.63) is 24.0 Å². The number of carboxylic acids is 1. The van der Waals surface area contributed by atoms with Crippen LogP contribution in [0.1, 0.15) is 12.6 Å². The molecule has 6 nitrogen and oxygen atoms in total. The lowest BCUT2D eigenvalue weighted by molar-refractivity contribution is -0.137. The van der Waals surface area contributed by atoms with Crippen LogP contribution in [-0.2, 0) is 4.79 Å². The predicted octanol–water partition coefficient (Wildman–Crippen LogP) is 1.33. The number of rotatable bonds is 4. The number of carboxylic acid groups (broad SMARTS) is 1. The van der Waals surface area contributed by atoms with Crippen molar-refractivity contribution in [3.8, 4) is 0 Å². The third-order valence-corrected chi connectivity index (χ3v) is 2.16. The van der Waals surface area contributed by atoms with Gasteiger partial charge in [-0.2, -0.15) is 0 Å². The molecule has 0 fully saturated rings. The summed E-state index contributed by atoms with van der Waals surface area (Å²) in [6.07, 6.45) is 1.53. The highest BCUT2D eigenvalue weighted by atomic mass is 16.4. The Hall–Kier alpha value is -2.11. The smallest absolute Gasteiger partial charge is 0.323 e. The molecule has 0 bridgehead atoms. The maximum Gasteiger partial charge on any atom is 0.323 e. The molecule has 0 aliphatic carbocycles. The number of nitrogens with one attached hydrogen (secondary N) is 1. The highest BCUT2D eigenvalue weighted by molar-refractivity contribution is 5.91. The van der Waals surface area contributed by atoms with Crippen LogP contribution in [0.4, 0.5) is 10.5 Å². The number of hydrogen-bond donors (Lipinski definition) is 2. The molecule has 2 amide bonds. The van der Waals surface area contributed by atoms with E-state index in [1.807, 2.05) is 6.92 Å². The van der Waals surface area contributed by atoms with Gasteiger partial charge in [0, 0.05) is 12.2 Å². The number of aromatic nitrogens is 1. The molecule has 0 aliphatic heterocycles. The van der Waals surface area contributed by atoms with Crippen molar-refractivity contribution < 1.29 is 14.7 Å². The van der Waals surface area contributed by atoms with Gasteiger partial charge in [0.05, 0.1) is 11.9 Å². The summed E-state index contributed by atoms with van der Waals surface area (Å²) in [5.41, 5.74) is 1.39. The second kappa shape index (κ2) is 5.83. The molecule has 0 saturated carbocycles. The van der Waals surface area contributed by atoms with Crippen LogP contribution in [-0.4, -0.2) is 40.1 Å². The molecule has 92 valence electrons. The third-order valence-electron chi connectivity index (χ3n) is 2.16. The average Bonchev–Trinajstić information content (AvgIpc) is 2.28. The van der Waals surface area contributed by atoms with Crippen LogP contribution < -0.4 is 5.32 Å². The van der Waals surface area contributed by atoms with Crippen LogP contribution >= 0.6 is 0 Å². The lowest BCUT2D eigenvalue weighted by atomic mass is 10.3. The molecule has 0 unspecified atom stereocenters. The molecular weight excluding hydrogens is 222 g/mol. The number of anilines is 1. The second-order valence-corrected chi connectivity index (χ2v) is 3.53. The van der Waals surface area contributed by atoms with Crippen molar-refractivity contribution in [1.82, 2.24) is 9.88 Å². The topological polar surface area (TPSA) is 82.5 Å². The third kappa shape index (κ3) is 4.10. The first kappa shape index (κ1) is 13.0. The minimum atomic E-state index is -1.04. The van der Waals surface area contributed by atoms with E-state index in [1.165, 1.54) is 11.1 Å². The van der Waals surface area contributed by atoms with E-state index in [9.17, 15) is 9.59 Å². The zero-order chi connectivity index (χ0) is 12.8. The average molecular weight is 237 g/mol. The second-order valence-electron chi connectivity index (χ2n) is 3.53. The van der Waals surface area contributed by atoms with Gasteiger partial charge in [-0.05, 0) is 26.0 Å². The standard InChI is InChI=1S/C11H15N3O3/c1-3-14(7-10(15)16)11(17)13-9-5-4-8(2)12-6-9/h4-6H,3,7H2,1-2H3,(H,13,17)(H,15,16). The summed E-state index contributed by atoms with van der Waals surface area (Å²) >= 11 is 0. The van der Waals surface area contributed by atoms with E-state index in [1.54, 1.807) is 19.1 Å². The van der Waals surface area contributed by atoms with Crippen LogP contribution in [0.3, 0.4) is 0 Å². The lowest BCUT2D eigenvalue weighted by Gasteiger charge is -2.18. The first-order valence-electron chi connectivity index (χ1n) is 5.23. The first-order chi connectivity index (χ1) is 8.02. The number of carbonyl (C=O) groups excluding carboxylic acids is 1. The highest BCUT2D eigenvalue weighted by Crippen LogP contribution is 2.06. The fraction of sp³-hybridized carbons (Fsp3) is 0.364. The fourth-order valence-electron chi connectivity index (χ4n) is 1.23. The van der Waals surface area contributed by atoms with Gasteiger partial charge in [-0.15, -0.1) is 0 Å². The molecule has 1 aromatic heterocycles.